The van der Waals surface area contributed by atoms with E-state index in [1.807, 2.05) is 6.92 Å². The van der Waals surface area contributed by atoms with Crippen LogP contribution in [0.25, 0.3) is 0 Å². The Labute approximate surface area is 164 Å². The van der Waals surface area contributed by atoms with Crippen LogP contribution in [0.4, 0.5) is 0 Å². The second kappa shape index (κ2) is 13.2. The van der Waals surface area contributed by atoms with Crippen molar-refractivity contribution in [3.63, 3.8) is 0 Å². The van der Waals surface area contributed by atoms with Crippen LogP contribution in [0.15, 0.2) is 48.1 Å². The van der Waals surface area contributed by atoms with Crippen molar-refractivity contribution in [2.45, 2.75) is 92.4 Å². The van der Waals surface area contributed by atoms with Gasteiger partial charge in [0, 0.05) is 0 Å². The molecule has 0 spiro atoms. The van der Waals surface area contributed by atoms with Crippen molar-refractivity contribution < 1.29 is 0 Å². The SMILES string of the molecule is C=C(C)/C=C\C=C/CC(C/C(=C/CCC(C)C)CC)C1CCC(C)CC1. The Morgan fingerprint density at radius 2 is 1.81 bits per heavy atom. The summed E-state index contributed by atoms with van der Waals surface area (Å²) in [6.07, 6.45) is 23.5. The normalized spacial score (nSPS) is 23.2. The maximum Gasteiger partial charge on any atom is -0.0286 e. The molecule has 0 heterocycles. The molecular weight excluding hydrogens is 312 g/mol. The van der Waals surface area contributed by atoms with E-state index in [0.717, 1.165) is 29.2 Å². The third kappa shape index (κ3) is 10.2. The van der Waals surface area contributed by atoms with E-state index in [4.69, 9.17) is 0 Å². The lowest BCUT2D eigenvalue weighted by Gasteiger charge is -2.33. The van der Waals surface area contributed by atoms with Crippen molar-refractivity contribution in [2.75, 3.05) is 0 Å². The van der Waals surface area contributed by atoms with Crippen LogP contribution in [0.3, 0.4) is 0 Å². The van der Waals surface area contributed by atoms with E-state index in [-0.39, 0.29) is 0 Å². The highest BCUT2D eigenvalue weighted by Gasteiger charge is 2.25. The van der Waals surface area contributed by atoms with Crippen molar-refractivity contribution in [1.82, 2.24) is 0 Å². The quantitative estimate of drug-likeness (QED) is 0.256. The molecule has 26 heavy (non-hydrogen) atoms. The molecule has 1 atom stereocenters. The molecule has 0 heteroatoms. The summed E-state index contributed by atoms with van der Waals surface area (Å²) in [6, 6.07) is 0. The summed E-state index contributed by atoms with van der Waals surface area (Å²) in [6.45, 7) is 15.4. The summed E-state index contributed by atoms with van der Waals surface area (Å²) in [5, 5.41) is 0. The van der Waals surface area contributed by atoms with Gasteiger partial charge in [0.2, 0.25) is 0 Å². The Kier molecular flexibility index (Phi) is 11.7. The zero-order valence-corrected chi connectivity index (χ0v) is 18.3. The first kappa shape index (κ1) is 23.0. The van der Waals surface area contributed by atoms with Gasteiger partial charge in [0.05, 0.1) is 0 Å². The Balaban J connectivity index is 2.70. The minimum absolute atomic E-state index is 0.808. The average molecular weight is 357 g/mol. The van der Waals surface area contributed by atoms with Crippen LogP contribution in [0.2, 0.25) is 0 Å². The second-order valence-corrected chi connectivity index (χ2v) is 9.04. The summed E-state index contributed by atoms with van der Waals surface area (Å²) < 4.78 is 0. The maximum absolute atomic E-state index is 3.93. The largest absolute Gasteiger partial charge is 0.0961 e. The van der Waals surface area contributed by atoms with Gasteiger partial charge in [0.25, 0.3) is 0 Å². The lowest BCUT2D eigenvalue weighted by molar-refractivity contribution is 0.210. The predicted octanol–water partition coefficient (Wildman–Crippen LogP) is 8.67. The van der Waals surface area contributed by atoms with E-state index < -0.39 is 0 Å². The third-order valence-electron chi connectivity index (χ3n) is 5.95. The van der Waals surface area contributed by atoms with Gasteiger partial charge in [-0.2, -0.15) is 0 Å². The predicted molar refractivity (Wildman–Crippen MR) is 119 cm³/mol. The number of allylic oxidation sites excluding steroid dienone is 7. The first-order chi connectivity index (χ1) is 12.4. The second-order valence-electron chi connectivity index (χ2n) is 9.04. The minimum atomic E-state index is 0.808. The van der Waals surface area contributed by atoms with Crippen LogP contribution < -0.4 is 0 Å². The van der Waals surface area contributed by atoms with Crippen molar-refractivity contribution in [2.24, 2.45) is 23.7 Å². The molecule has 0 aliphatic heterocycles. The van der Waals surface area contributed by atoms with Gasteiger partial charge in [-0.15, -0.1) is 0 Å². The average Bonchev–Trinajstić information content (AvgIpc) is 2.59. The highest BCUT2D eigenvalue weighted by atomic mass is 14.3. The van der Waals surface area contributed by atoms with E-state index in [0.29, 0.717) is 0 Å². The van der Waals surface area contributed by atoms with Gasteiger partial charge in [0.15, 0.2) is 0 Å². The summed E-state index contributed by atoms with van der Waals surface area (Å²) in [7, 11) is 0. The number of rotatable bonds is 11. The number of hydrogen-bond acceptors (Lipinski definition) is 0. The highest BCUT2D eigenvalue weighted by molar-refractivity contribution is 5.17. The van der Waals surface area contributed by atoms with Gasteiger partial charge in [0.1, 0.15) is 0 Å². The van der Waals surface area contributed by atoms with Crippen LogP contribution in [0.5, 0.6) is 0 Å². The molecule has 0 radical (unpaired) electrons. The van der Waals surface area contributed by atoms with E-state index >= 15 is 0 Å². The summed E-state index contributed by atoms with van der Waals surface area (Å²) in [5.74, 6) is 3.49. The highest BCUT2D eigenvalue weighted by Crippen LogP contribution is 2.38. The van der Waals surface area contributed by atoms with E-state index in [1.165, 1.54) is 57.8 Å². The standard InChI is InChI=1S/C26H44/c1-7-24(14-11-13-22(4)5)20-26(15-10-8-9-12-21(2)3)25-18-16-23(6)17-19-25/h8-10,12,14,22-23,25-26H,2,7,11,13,15-20H2,1,3-6H3/b10-8-,12-9-,24-14+. The summed E-state index contributed by atoms with van der Waals surface area (Å²) in [5.41, 5.74) is 2.81. The molecule has 148 valence electrons. The first-order valence-corrected chi connectivity index (χ1v) is 11.1. The fourth-order valence-electron chi connectivity index (χ4n) is 4.08. The molecule has 1 aliphatic rings. The van der Waals surface area contributed by atoms with Crippen LogP contribution in [-0.2, 0) is 0 Å². The fraction of sp³-hybridized carbons (Fsp3) is 0.692. The first-order valence-electron chi connectivity index (χ1n) is 11.1. The van der Waals surface area contributed by atoms with Gasteiger partial charge in [-0.3, -0.25) is 0 Å². The summed E-state index contributed by atoms with van der Waals surface area (Å²) >= 11 is 0. The molecule has 0 aromatic rings. The topological polar surface area (TPSA) is 0 Å². The maximum atomic E-state index is 3.93. The zero-order valence-electron chi connectivity index (χ0n) is 18.3. The Morgan fingerprint density at radius 3 is 2.38 bits per heavy atom. The molecule has 0 aromatic heterocycles. The molecule has 0 bridgehead atoms. The lowest BCUT2D eigenvalue weighted by Crippen LogP contribution is -2.21. The molecule has 1 fully saturated rings. The minimum Gasteiger partial charge on any atom is -0.0961 e. The third-order valence-corrected chi connectivity index (χ3v) is 5.95. The molecule has 0 amide bonds. The van der Waals surface area contributed by atoms with Gasteiger partial charge in [-0.25, -0.2) is 0 Å². The van der Waals surface area contributed by atoms with E-state index in [1.54, 1.807) is 5.57 Å². The molecule has 0 N–H and O–H groups in total. The van der Waals surface area contributed by atoms with Crippen LogP contribution >= 0.6 is 0 Å². The Hall–Kier alpha value is -1.04. The van der Waals surface area contributed by atoms with E-state index in [2.05, 4.69) is 64.7 Å². The fourth-order valence-corrected chi connectivity index (χ4v) is 4.08. The monoisotopic (exact) mass is 356 g/mol. The molecule has 1 rings (SSSR count). The zero-order chi connectivity index (χ0) is 19.4. The molecule has 1 unspecified atom stereocenters. The van der Waals surface area contributed by atoms with Gasteiger partial charge < -0.3 is 0 Å². The van der Waals surface area contributed by atoms with Crippen LogP contribution in [0, 0.1) is 23.7 Å². The lowest BCUT2D eigenvalue weighted by atomic mass is 9.73. The summed E-state index contributed by atoms with van der Waals surface area (Å²) in [4.78, 5) is 0. The number of hydrogen-bond donors (Lipinski definition) is 0. The van der Waals surface area contributed by atoms with Crippen molar-refractivity contribution in [3.8, 4) is 0 Å². The van der Waals surface area contributed by atoms with Gasteiger partial charge in [-0.05, 0) is 75.5 Å². The molecule has 1 saturated carbocycles. The molecule has 0 nitrogen and oxygen atoms in total. The van der Waals surface area contributed by atoms with Crippen LogP contribution in [0.1, 0.15) is 92.4 Å². The molecule has 0 aromatic carbocycles. The van der Waals surface area contributed by atoms with E-state index in [9.17, 15) is 0 Å². The van der Waals surface area contributed by atoms with Crippen LogP contribution in [-0.4, -0.2) is 0 Å². The smallest absolute Gasteiger partial charge is 0.0286 e. The van der Waals surface area contributed by atoms with Gasteiger partial charge >= 0.3 is 0 Å². The molecule has 0 saturated heterocycles. The van der Waals surface area contributed by atoms with Crippen molar-refractivity contribution >= 4 is 0 Å². The van der Waals surface area contributed by atoms with Gasteiger partial charge in [-0.1, -0.05) is 88.6 Å². The van der Waals surface area contributed by atoms with Crippen molar-refractivity contribution in [1.29, 1.82) is 0 Å². The Morgan fingerprint density at radius 1 is 1.12 bits per heavy atom. The Bertz CT molecular complexity index is 466. The molecule has 1 aliphatic carbocycles. The van der Waals surface area contributed by atoms with Crippen molar-refractivity contribution in [3.05, 3.63) is 48.1 Å². The molecular formula is C26H44.